The van der Waals surface area contributed by atoms with E-state index >= 15 is 0 Å². The number of hydrogen-bond acceptors (Lipinski definition) is 7. The molecule has 0 spiro atoms. The molecule has 3 aliphatic rings. The standard InChI is InChI=1S/C14H23NO2.C13H17N3O2.C8H7NOS/c1-2-3-4-5-6-7-11-10-13(11)14(16)15-17-12-8-9-12;14-13(18)11-7-4-8-16(11)12(17)9-15-10-5-2-1-3-6-10;1-5-2-3-6-7(4-5)11-8(10)9-6/h6-7,11-13H,2-5,8-10H2,1H3,(H,15,16);1-3,5-6,11,15H,4,7-9H2,(H2,14,18);2-4H,1H3,(H,9,10)/b7-6-;;. The fourth-order valence-corrected chi connectivity index (χ4v) is 6.00. The molecule has 1 aromatic heterocycles. The highest BCUT2D eigenvalue weighted by molar-refractivity contribution is 7.16. The van der Waals surface area contributed by atoms with Crippen molar-refractivity contribution in [3.63, 3.8) is 0 Å². The Hall–Kier alpha value is -3.96. The Balaban J connectivity index is 0.000000161. The zero-order chi connectivity index (χ0) is 32.9. The number of fused-ring (bicyclic) bond motifs is 1. The molecule has 10 nitrogen and oxygen atoms in total. The Kier molecular flexibility index (Phi) is 13.4. The van der Waals surface area contributed by atoms with E-state index in [2.05, 4.69) is 34.9 Å². The van der Waals surface area contributed by atoms with Crippen LogP contribution in [0.1, 0.15) is 70.3 Å². The van der Waals surface area contributed by atoms with Gasteiger partial charge in [0.2, 0.25) is 17.7 Å². The molecule has 6 rings (SSSR count). The predicted molar refractivity (Wildman–Crippen MR) is 183 cm³/mol. The third-order valence-corrected chi connectivity index (χ3v) is 8.93. The van der Waals surface area contributed by atoms with Gasteiger partial charge in [-0.3, -0.25) is 24.0 Å². The summed E-state index contributed by atoms with van der Waals surface area (Å²) in [5, 5.41) is 3.04. The normalized spacial score (nSPS) is 20.0. The molecular formula is C35H47N5O5S. The number of hydrogen-bond donors (Lipinski definition) is 4. The molecule has 3 fully saturated rings. The third kappa shape index (κ3) is 11.4. The van der Waals surface area contributed by atoms with E-state index in [0.29, 0.717) is 25.0 Å². The van der Waals surface area contributed by atoms with Gasteiger partial charge in [-0.15, -0.1) is 0 Å². The zero-order valence-corrected chi connectivity index (χ0v) is 27.7. The number of likely N-dealkylation sites (tertiary alicyclic amines) is 1. The van der Waals surface area contributed by atoms with Gasteiger partial charge >= 0.3 is 4.87 Å². The van der Waals surface area contributed by atoms with Crippen LogP contribution in [0.5, 0.6) is 0 Å². The fraction of sp³-hybridized carbons (Fsp3) is 0.486. The number of nitrogens with zero attached hydrogens (tertiary/aromatic N) is 1. The van der Waals surface area contributed by atoms with Gasteiger partial charge in [-0.2, -0.15) is 0 Å². The molecule has 2 saturated carbocycles. The van der Waals surface area contributed by atoms with E-state index in [1.54, 1.807) is 4.90 Å². The molecule has 2 aromatic carbocycles. The predicted octanol–water partition coefficient (Wildman–Crippen LogP) is 5.44. The molecule has 248 valence electrons. The number of amides is 3. The number of aromatic nitrogens is 1. The first kappa shape index (κ1) is 34.9. The van der Waals surface area contributed by atoms with Gasteiger partial charge in [0.25, 0.3) is 0 Å². The Morgan fingerprint density at radius 3 is 2.61 bits per heavy atom. The van der Waals surface area contributed by atoms with Crippen LogP contribution in [0.25, 0.3) is 10.2 Å². The number of allylic oxidation sites excluding steroid dienone is 2. The number of nitrogens with two attached hydrogens (primary N) is 1. The number of nitrogens with one attached hydrogen (secondary N) is 3. The van der Waals surface area contributed by atoms with Crippen molar-refractivity contribution in [1.82, 2.24) is 15.4 Å². The van der Waals surface area contributed by atoms with Gasteiger partial charge in [-0.25, -0.2) is 5.48 Å². The van der Waals surface area contributed by atoms with E-state index < -0.39 is 11.9 Å². The Bertz CT molecular complexity index is 1520. The van der Waals surface area contributed by atoms with E-state index in [4.69, 9.17) is 10.6 Å². The maximum atomic E-state index is 12.0. The van der Waals surface area contributed by atoms with E-state index in [1.165, 1.54) is 36.2 Å². The lowest BCUT2D eigenvalue weighted by Crippen LogP contribution is -2.45. The molecule has 3 unspecified atom stereocenters. The number of thiazole rings is 1. The lowest BCUT2D eigenvalue weighted by atomic mass is 10.2. The zero-order valence-electron chi connectivity index (χ0n) is 26.8. The summed E-state index contributed by atoms with van der Waals surface area (Å²) < 4.78 is 1.04. The molecule has 3 amide bonds. The first-order chi connectivity index (χ1) is 22.2. The molecule has 11 heteroatoms. The van der Waals surface area contributed by atoms with Crippen molar-refractivity contribution in [2.45, 2.75) is 83.8 Å². The van der Waals surface area contributed by atoms with Crippen molar-refractivity contribution in [2.24, 2.45) is 17.6 Å². The number of aromatic amines is 1. The molecule has 1 aliphatic heterocycles. The molecular weight excluding hydrogens is 602 g/mol. The summed E-state index contributed by atoms with van der Waals surface area (Å²) in [5.74, 6) is 0.191. The molecule has 0 radical (unpaired) electrons. The van der Waals surface area contributed by atoms with Gasteiger partial charge in [0.1, 0.15) is 6.04 Å². The van der Waals surface area contributed by atoms with Crippen LogP contribution in [0.4, 0.5) is 5.69 Å². The van der Waals surface area contributed by atoms with Crippen LogP contribution in [0.2, 0.25) is 0 Å². The van der Waals surface area contributed by atoms with Crippen LogP contribution in [-0.2, 0) is 19.2 Å². The molecule has 3 atom stereocenters. The molecule has 2 heterocycles. The molecule has 5 N–H and O–H groups in total. The highest BCUT2D eigenvalue weighted by Crippen LogP contribution is 2.40. The number of hydroxylamine groups is 1. The van der Waals surface area contributed by atoms with E-state index in [9.17, 15) is 19.2 Å². The van der Waals surface area contributed by atoms with Gasteiger partial charge in [0.15, 0.2) is 0 Å². The second-order valence-electron chi connectivity index (χ2n) is 12.1. The van der Waals surface area contributed by atoms with Gasteiger partial charge < -0.3 is 20.9 Å². The molecule has 1 saturated heterocycles. The van der Waals surface area contributed by atoms with Gasteiger partial charge in [-0.05, 0) is 87.6 Å². The van der Waals surface area contributed by atoms with Crippen LogP contribution in [-0.4, -0.2) is 52.8 Å². The van der Waals surface area contributed by atoms with Crippen molar-refractivity contribution in [2.75, 3.05) is 18.4 Å². The Labute approximate surface area is 274 Å². The largest absolute Gasteiger partial charge is 0.376 e. The summed E-state index contributed by atoms with van der Waals surface area (Å²) in [4.78, 5) is 55.2. The summed E-state index contributed by atoms with van der Waals surface area (Å²) in [5.41, 5.74) is 10.9. The summed E-state index contributed by atoms with van der Waals surface area (Å²) in [6, 6.07) is 15.0. The van der Waals surface area contributed by atoms with Crippen LogP contribution in [0.15, 0.2) is 65.5 Å². The van der Waals surface area contributed by atoms with Crippen molar-refractivity contribution < 1.29 is 19.2 Å². The van der Waals surface area contributed by atoms with Crippen LogP contribution in [0.3, 0.4) is 0 Å². The second-order valence-corrected chi connectivity index (χ2v) is 13.1. The maximum absolute atomic E-state index is 12.0. The van der Waals surface area contributed by atoms with Gasteiger partial charge in [-0.1, -0.05) is 67.5 Å². The number of unbranched alkanes of at least 4 members (excludes halogenated alkanes) is 3. The number of carbonyl (C=O) groups is 3. The Morgan fingerprint density at radius 2 is 1.89 bits per heavy atom. The first-order valence-corrected chi connectivity index (χ1v) is 17.2. The summed E-state index contributed by atoms with van der Waals surface area (Å²) in [6.07, 6.45) is 14.4. The van der Waals surface area contributed by atoms with Gasteiger partial charge in [0.05, 0.1) is 22.9 Å². The minimum Gasteiger partial charge on any atom is -0.376 e. The third-order valence-electron chi connectivity index (χ3n) is 8.08. The maximum Gasteiger partial charge on any atom is 0.305 e. The summed E-state index contributed by atoms with van der Waals surface area (Å²) >= 11 is 1.26. The number of para-hydroxylation sites is 1. The quantitative estimate of drug-likeness (QED) is 0.117. The van der Waals surface area contributed by atoms with Crippen molar-refractivity contribution in [3.05, 3.63) is 75.9 Å². The Morgan fingerprint density at radius 1 is 1.11 bits per heavy atom. The second kappa shape index (κ2) is 17.7. The summed E-state index contributed by atoms with van der Waals surface area (Å²) in [7, 11) is 0. The molecule has 46 heavy (non-hydrogen) atoms. The average molecular weight is 650 g/mol. The molecule has 0 bridgehead atoms. The minimum absolute atomic E-state index is 0.0191. The summed E-state index contributed by atoms with van der Waals surface area (Å²) in [6.45, 7) is 5.03. The van der Waals surface area contributed by atoms with Crippen molar-refractivity contribution >= 4 is 45.0 Å². The number of primary amides is 1. The van der Waals surface area contributed by atoms with Crippen LogP contribution in [0, 0.1) is 18.8 Å². The number of carbonyl (C=O) groups excluding carboxylic acids is 3. The van der Waals surface area contributed by atoms with Crippen molar-refractivity contribution in [1.29, 1.82) is 0 Å². The average Bonchev–Trinajstić information content (AvgIpc) is 3.95. The van der Waals surface area contributed by atoms with Crippen LogP contribution >= 0.6 is 11.3 Å². The van der Waals surface area contributed by atoms with Gasteiger partial charge in [0, 0.05) is 18.2 Å². The monoisotopic (exact) mass is 649 g/mol. The fourth-order valence-electron chi connectivity index (χ4n) is 5.16. The van der Waals surface area contributed by atoms with E-state index in [0.717, 1.165) is 48.0 Å². The smallest absolute Gasteiger partial charge is 0.305 e. The van der Waals surface area contributed by atoms with Crippen molar-refractivity contribution in [3.8, 4) is 0 Å². The topological polar surface area (TPSA) is 147 Å². The van der Waals surface area contributed by atoms with Crippen LogP contribution < -0.4 is 21.4 Å². The number of aryl methyl sites for hydroxylation is 1. The number of anilines is 1. The SMILES string of the molecule is CCCCC/C=C\C1CC1C(=O)NOC1CC1.Cc1ccc2[nH]c(=O)sc2c1.NC(=O)C1CCCN1C(=O)CNc1ccccc1. The lowest BCUT2D eigenvalue weighted by Gasteiger charge is -2.22. The molecule has 3 aromatic rings. The number of rotatable bonds is 12. The lowest BCUT2D eigenvalue weighted by molar-refractivity contribution is -0.136. The first-order valence-electron chi connectivity index (χ1n) is 16.3. The minimum atomic E-state index is -0.435. The number of H-pyrrole nitrogens is 1. The molecule has 2 aliphatic carbocycles. The number of benzene rings is 2. The van der Waals surface area contributed by atoms with E-state index in [-0.39, 0.29) is 29.1 Å². The van der Waals surface area contributed by atoms with E-state index in [1.807, 2.05) is 55.5 Å². The highest BCUT2D eigenvalue weighted by atomic mass is 32.1. The highest BCUT2D eigenvalue weighted by Gasteiger charge is 2.41.